The van der Waals surface area contributed by atoms with Crippen molar-refractivity contribution in [2.75, 3.05) is 13.7 Å². The van der Waals surface area contributed by atoms with Crippen LogP contribution in [0.25, 0.3) is 0 Å². The second-order valence-corrected chi connectivity index (χ2v) is 7.88. The van der Waals surface area contributed by atoms with Gasteiger partial charge >= 0.3 is 5.97 Å². The highest BCUT2D eigenvalue weighted by atomic mass is 16.5. The largest absolute Gasteiger partial charge is 0.493 e. The summed E-state index contributed by atoms with van der Waals surface area (Å²) in [6.07, 6.45) is 1.65. The molecule has 0 fully saturated rings. The molecule has 0 aliphatic heterocycles. The van der Waals surface area contributed by atoms with Gasteiger partial charge in [0.25, 0.3) is 0 Å². The van der Waals surface area contributed by atoms with Crippen LogP contribution in [0, 0.1) is 11.3 Å². The minimum absolute atomic E-state index is 0.117. The van der Waals surface area contributed by atoms with Crippen LogP contribution in [0.15, 0.2) is 18.2 Å². The van der Waals surface area contributed by atoms with Gasteiger partial charge in [-0.05, 0) is 49.3 Å². The molecule has 0 aromatic heterocycles. The van der Waals surface area contributed by atoms with E-state index in [1.165, 1.54) is 0 Å². The lowest BCUT2D eigenvalue weighted by Crippen LogP contribution is -2.21. The molecule has 0 saturated carbocycles. The summed E-state index contributed by atoms with van der Waals surface area (Å²) in [5.74, 6) is 1.45. The molecular formula is C20H32O4. The van der Waals surface area contributed by atoms with Gasteiger partial charge in [0.1, 0.15) is 0 Å². The topological polar surface area (TPSA) is 44.8 Å². The molecule has 136 valence electrons. The molecule has 0 bridgehead atoms. The van der Waals surface area contributed by atoms with Gasteiger partial charge in [0.2, 0.25) is 0 Å². The quantitative estimate of drug-likeness (QED) is 0.619. The van der Waals surface area contributed by atoms with Crippen LogP contribution in [0.4, 0.5) is 0 Å². The molecule has 1 unspecified atom stereocenters. The number of carbonyl (C=O) groups excluding carboxylic acids is 1. The van der Waals surface area contributed by atoms with E-state index < -0.39 is 0 Å². The third-order valence-electron chi connectivity index (χ3n) is 3.56. The Morgan fingerprint density at radius 3 is 2.33 bits per heavy atom. The third kappa shape index (κ3) is 7.24. The number of rotatable bonds is 8. The van der Waals surface area contributed by atoms with Crippen molar-refractivity contribution < 1.29 is 19.0 Å². The average Bonchev–Trinajstić information content (AvgIpc) is 2.44. The number of hydrogen-bond donors (Lipinski definition) is 0. The first-order valence-corrected chi connectivity index (χ1v) is 8.64. The van der Waals surface area contributed by atoms with Crippen molar-refractivity contribution in [1.82, 2.24) is 0 Å². The van der Waals surface area contributed by atoms with Gasteiger partial charge in [-0.25, -0.2) is 4.79 Å². The van der Waals surface area contributed by atoms with Crippen molar-refractivity contribution in [3.63, 3.8) is 0 Å². The zero-order chi connectivity index (χ0) is 18.3. The molecule has 0 aliphatic carbocycles. The zero-order valence-electron chi connectivity index (χ0n) is 16.1. The average molecular weight is 336 g/mol. The number of esters is 1. The molecule has 0 radical (unpaired) electrons. The standard InChI is InChI=1S/C20H32O4/c1-14(2)10-11-23-17-9-8-16(12-18(17)22-7)19(21)24-15(3)13-20(4,5)6/h8-9,12,14-15H,10-11,13H2,1-7H3. The number of benzene rings is 1. The van der Waals surface area contributed by atoms with Gasteiger partial charge in [0.15, 0.2) is 11.5 Å². The summed E-state index contributed by atoms with van der Waals surface area (Å²) in [5.41, 5.74) is 0.592. The Kier molecular flexibility index (Phi) is 7.59. The maximum absolute atomic E-state index is 12.3. The van der Waals surface area contributed by atoms with E-state index in [1.54, 1.807) is 25.3 Å². The second kappa shape index (κ2) is 8.95. The Hall–Kier alpha value is -1.71. The summed E-state index contributed by atoms with van der Waals surface area (Å²) >= 11 is 0. The molecule has 0 spiro atoms. The van der Waals surface area contributed by atoms with Crippen LogP contribution in [-0.2, 0) is 4.74 Å². The fraction of sp³-hybridized carbons (Fsp3) is 0.650. The fourth-order valence-electron chi connectivity index (χ4n) is 2.47. The molecule has 4 nitrogen and oxygen atoms in total. The van der Waals surface area contributed by atoms with E-state index in [1.807, 2.05) is 6.92 Å². The normalized spacial score (nSPS) is 12.8. The van der Waals surface area contributed by atoms with E-state index in [9.17, 15) is 4.79 Å². The molecule has 1 atom stereocenters. The highest BCUT2D eigenvalue weighted by molar-refractivity contribution is 5.90. The predicted octanol–water partition coefficient (Wildman–Crippen LogP) is 5.10. The van der Waals surface area contributed by atoms with Crippen LogP contribution < -0.4 is 9.47 Å². The molecule has 0 N–H and O–H groups in total. The molecule has 4 heteroatoms. The number of hydrogen-bond acceptors (Lipinski definition) is 4. The first-order chi connectivity index (χ1) is 11.1. The minimum atomic E-state index is -0.334. The highest BCUT2D eigenvalue weighted by Crippen LogP contribution is 2.29. The smallest absolute Gasteiger partial charge is 0.338 e. The third-order valence-corrected chi connectivity index (χ3v) is 3.56. The van der Waals surface area contributed by atoms with Gasteiger partial charge in [-0.3, -0.25) is 0 Å². The maximum atomic E-state index is 12.3. The summed E-state index contributed by atoms with van der Waals surface area (Å²) in [4.78, 5) is 12.3. The first-order valence-electron chi connectivity index (χ1n) is 8.64. The second-order valence-electron chi connectivity index (χ2n) is 7.88. The number of ether oxygens (including phenoxy) is 3. The van der Waals surface area contributed by atoms with E-state index in [-0.39, 0.29) is 17.5 Å². The molecule has 1 aromatic rings. The summed E-state index contributed by atoms with van der Waals surface area (Å²) < 4.78 is 16.6. The van der Waals surface area contributed by atoms with Crippen molar-refractivity contribution in [2.24, 2.45) is 11.3 Å². The van der Waals surface area contributed by atoms with E-state index in [0.717, 1.165) is 12.8 Å². The lowest BCUT2D eigenvalue weighted by molar-refractivity contribution is 0.0253. The van der Waals surface area contributed by atoms with Crippen molar-refractivity contribution in [3.8, 4) is 11.5 Å². The Morgan fingerprint density at radius 1 is 1.12 bits per heavy atom. The van der Waals surface area contributed by atoms with E-state index in [2.05, 4.69) is 34.6 Å². The van der Waals surface area contributed by atoms with Crippen LogP contribution >= 0.6 is 0 Å². The lowest BCUT2D eigenvalue weighted by atomic mass is 9.90. The molecular weight excluding hydrogens is 304 g/mol. The summed E-state index contributed by atoms with van der Waals surface area (Å²) in [5, 5.41) is 0. The SMILES string of the molecule is COc1cc(C(=O)OC(C)CC(C)(C)C)ccc1OCCC(C)C. The monoisotopic (exact) mass is 336 g/mol. The number of carbonyl (C=O) groups is 1. The van der Waals surface area contributed by atoms with Crippen molar-refractivity contribution in [3.05, 3.63) is 23.8 Å². The van der Waals surface area contributed by atoms with Crippen LogP contribution in [0.5, 0.6) is 11.5 Å². The number of methoxy groups -OCH3 is 1. The van der Waals surface area contributed by atoms with Gasteiger partial charge < -0.3 is 14.2 Å². The van der Waals surface area contributed by atoms with E-state index in [4.69, 9.17) is 14.2 Å². The van der Waals surface area contributed by atoms with Gasteiger partial charge in [0, 0.05) is 0 Å². The predicted molar refractivity (Wildman–Crippen MR) is 96.9 cm³/mol. The highest BCUT2D eigenvalue weighted by Gasteiger charge is 2.20. The summed E-state index contributed by atoms with van der Waals surface area (Å²) in [6, 6.07) is 5.17. The molecule has 0 amide bonds. The Balaban J connectivity index is 2.73. The molecule has 1 rings (SSSR count). The van der Waals surface area contributed by atoms with Crippen molar-refractivity contribution in [1.29, 1.82) is 0 Å². The fourth-order valence-corrected chi connectivity index (χ4v) is 2.47. The summed E-state index contributed by atoms with van der Waals surface area (Å²) in [7, 11) is 1.57. The van der Waals surface area contributed by atoms with Gasteiger partial charge in [-0.1, -0.05) is 34.6 Å². The lowest BCUT2D eigenvalue weighted by Gasteiger charge is -2.23. The minimum Gasteiger partial charge on any atom is -0.493 e. The molecule has 24 heavy (non-hydrogen) atoms. The molecule has 1 aromatic carbocycles. The molecule has 0 saturated heterocycles. The van der Waals surface area contributed by atoms with E-state index >= 15 is 0 Å². The first kappa shape index (κ1) is 20.3. The van der Waals surface area contributed by atoms with Gasteiger partial charge in [-0.2, -0.15) is 0 Å². The summed E-state index contributed by atoms with van der Waals surface area (Å²) in [6.45, 7) is 13.2. The Morgan fingerprint density at radius 2 is 1.79 bits per heavy atom. The van der Waals surface area contributed by atoms with Gasteiger partial charge in [-0.15, -0.1) is 0 Å². The Labute approximate surface area is 146 Å². The molecule has 0 heterocycles. The van der Waals surface area contributed by atoms with E-state index in [0.29, 0.717) is 29.6 Å². The molecule has 0 aliphatic rings. The van der Waals surface area contributed by atoms with Crippen LogP contribution in [-0.4, -0.2) is 25.8 Å². The van der Waals surface area contributed by atoms with Crippen LogP contribution in [0.1, 0.15) is 64.7 Å². The van der Waals surface area contributed by atoms with Crippen LogP contribution in [0.3, 0.4) is 0 Å². The maximum Gasteiger partial charge on any atom is 0.338 e. The van der Waals surface area contributed by atoms with Crippen molar-refractivity contribution in [2.45, 2.75) is 60.5 Å². The zero-order valence-corrected chi connectivity index (χ0v) is 16.1. The Bertz CT molecular complexity index is 529. The van der Waals surface area contributed by atoms with Crippen LogP contribution in [0.2, 0.25) is 0 Å². The van der Waals surface area contributed by atoms with Crippen molar-refractivity contribution >= 4 is 5.97 Å². The van der Waals surface area contributed by atoms with Gasteiger partial charge in [0.05, 0.1) is 25.4 Å².